The van der Waals surface area contributed by atoms with E-state index in [1.807, 2.05) is 0 Å². The molecule has 0 aliphatic carbocycles. The Labute approximate surface area is 125 Å². The van der Waals surface area contributed by atoms with Crippen molar-refractivity contribution < 1.29 is 19.0 Å². The van der Waals surface area contributed by atoms with E-state index in [9.17, 15) is 14.3 Å². The Hall–Kier alpha value is -2.05. The first kappa shape index (κ1) is 15.3. The van der Waals surface area contributed by atoms with E-state index in [0.29, 0.717) is 23.7 Å². The maximum atomic E-state index is 12.8. The van der Waals surface area contributed by atoms with Gasteiger partial charge in [0.15, 0.2) is 0 Å². The van der Waals surface area contributed by atoms with Crippen LogP contribution in [0, 0.1) is 5.82 Å². The molecule has 2 aromatic rings. The first-order valence-electron chi connectivity index (χ1n) is 6.25. The molecule has 0 atom stereocenters. The average Bonchev–Trinajstić information content (AvgIpc) is 2.88. The van der Waals surface area contributed by atoms with Crippen LogP contribution in [0.5, 0.6) is 0 Å². The van der Waals surface area contributed by atoms with E-state index >= 15 is 0 Å². The second-order valence-electron chi connectivity index (χ2n) is 4.25. The number of methoxy groups -OCH3 is 1. The quantitative estimate of drug-likeness (QED) is 0.889. The zero-order chi connectivity index (χ0) is 15.2. The zero-order valence-corrected chi connectivity index (χ0v) is 12.2. The maximum absolute atomic E-state index is 12.8. The van der Waals surface area contributed by atoms with Crippen molar-refractivity contribution in [1.29, 1.82) is 0 Å². The standard InChI is InChI=1S/C15H14FNO3S/c1-20-9-8-13-17-12(14(21-13)15(18)19)7-4-10-2-5-11(16)6-3-10/h2-7H,8-9H2,1H3,(H,18,19)/b7-4+. The van der Waals surface area contributed by atoms with Gasteiger partial charge in [0, 0.05) is 13.5 Å². The van der Waals surface area contributed by atoms with Crippen LogP contribution in [0.15, 0.2) is 24.3 Å². The number of carbonyl (C=O) groups is 1. The van der Waals surface area contributed by atoms with Crippen molar-refractivity contribution in [3.63, 3.8) is 0 Å². The molecule has 21 heavy (non-hydrogen) atoms. The number of hydrogen-bond acceptors (Lipinski definition) is 4. The molecule has 2 rings (SSSR count). The molecular formula is C15H14FNO3S. The monoisotopic (exact) mass is 307 g/mol. The van der Waals surface area contributed by atoms with Gasteiger partial charge in [-0.1, -0.05) is 18.2 Å². The van der Waals surface area contributed by atoms with Crippen LogP contribution >= 0.6 is 11.3 Å². The molecule has 0 spiro atoms. The van der Waals surface area contributed by atoms with Gasteiger partial charge >= 0.3 is 5.97 Å². The minimum absolute atomic E-state index is 0.194. The summed E-state index contributed by atoms with van der Waals surface area (Å²) in [4.78, 5) is 15.7. The van der Waals surface area contributed by atoms with Crippen LogP contribution in [-0.4, -0.2) is 29.8 Å². The van der Waals surface area contributed by atoms with E-state index in [0.717, 1.165) is 16.9 Å². The van der Waals surface area contributed by atoms with Crippen molar-refractivity contribution in [2.45, 2.75) is 6.42 Å². The molecular weight excluding hydrogens is 293 g/mol. The minimum Gasteiger partial charge on any atom is -0.477 e. The van der Waals surface area contributed by atoms with Crippen LogP contribution in [-0.2, 0) is 11.2 Å². The van der Waals surface area contributed by atoms with E-state index in [1.54, 1.807) is 31.4 Å². The van der Waals surface area contributed by atoms with Gasteiger partial charge in [-0.3, -0.25) is 0 Å². The Morgan fingerprint density at radius 1 is 1.38 bits per heavy atom. The molecule has 1 heterocycles. The maximum Gasteiger partial charge on any atom is 0.348 e. The molecule has 110 valence electrons. The number of aromatic carboxylic acids is 1. The largest absolute Gasteiger partial charge is 0.477 e. The second kappa shape index (κ2) is 7.10. The van der Waals surface area contributed by atoms with Crippen LogP contribution in [0.1, 0.15) is 25.9 Å². The molecule has 0 amide bonds. The molecule has 0 saturated carbocycles. The summed E-state index contributed by atoms with van der Waals surface area (Å²) < 4.78 is 17.8. The summed E-state index contributed by atoms with van der Waals surface area (Å²) in [5.41, 5.74) is 1.18. The number of halogens is 1. The van der Waals surface area contributed by atoms with Crippen molar-refractivity contribution in [2.24, 2.45) is 0 Å². The number of rotatable bonds is 6. The SMILES string of the molecule is COCCc1nc(/C=C/c2ccc(F)cc2)c(C(=O)O)s1. The van der Waals surface area contributed by atoms with Gasteiger partial charge in [0.1, 0.15) is 10.7 Å². The highest BCUT2D eigenvalue weighted by Crippen LogP contribution is 2.21. The summed E-state index contributed by atoms with van der Waals surface area (Å²) in [6, 6.07) is 5.93. The molecule has 0 bridgehead atoms. The highest BCUT2D eigenvalue weighted by atomic mass is 32.1. The second-order valence-corrected chi connectivity index (χ2v) is 5.34. The van der Waals surface area contributed by atoms with Crippen LogP contribution in [0.25, 0.3) is 12.2 Å². The number of carboxylic acids is 1. The molecule has 0 unspecified atom stereocenters. The summed E-state index contributed by atoms with van der Waals surface area (Å²) in [6.07, 6.45) is 3.91. The van der Waals surface area contributed by atoms with Gasteiger partial charge in [0.2, 0.25) is 0 Å². The first-order chi connectivity index (χ1) is 10.1. The van der Waals surface area contributed by atoms with Crippen molar-refractivity contribution in [2.75, 3.05) is 13.7 Å². The van der Waals surface area contributed by atoms with Crippen molar-refractivity contribution >= 4 is 29.5 Å². The number of nitrogens with zero attached hydrogens (tertiary/aromatic N) is 1. The Morgan fingerprint density at radius 2 is 2.10 bits per heavy atom. The fourth-order valence-electron chi connectivity index (χ4n) is 1.69. The van der Waals surface area contributed by atoms with Gasteiger partial charge in [0.25, 0.3) is 0 Å². The molecule has 0 radical (unpaired) electrons. The van der Waals surface area contributed by atoms with Crippen molar-refractivity contribution in [3.8, 4) is 0 Å². The van der Waals surface area contributed by atoms with Gasteiger partial charge in [-0.25, -0.2) is 14.2 Å². The fraction of sp³-hybridized carbons (Fsp3) is 0.200. The summed E-state index contributed by atoms with van der Waals surface area (Å²) in [6.45, 7) is 0.494. The van der Waals surface area contributed by atoms with E-state index in [1.165, 1.54) is 12.1 Å². The van der Waals surface area contributed by atoms with E-state index in [-0.39, 0.29) is 10.7 Å². The molecule has 0 fully saturated rings. The first-order valence-corrected chi connectivity index (χ1v) is 7.07. The summed E-state index contributed by atoms with van der Waals surface area (Å²) in [5, 5.41) is 9.91. The zero-order valence-electron chi connectivity index (χ0n) is 11.4. The Balaban J connectivity index is 2.23. The Bertz CT molecular complexity index is 649. The van der Waals surface area contributed by atoms with Gasteiger partial charge in [-0.15, -0.1) is 11.3 Å². The van der Waals surface area contributed by atoms with Crippen LogP contribution in [0.2, 0.25) is 0 Å². The third-order valence-corrected chi connectivity index (χ3v) is 3.83. The summed E-state index contributed by atoms with van der Waals surface area (Å²) in [7, 11) is 1.58. The van der Waals surface area contributed by atoms with Gasteiger partial charge < -0.3 is 9.84 Å². The lowest BCUT2D eigenvalue weighted by molar-refractivity contribution is 0.0701. The third-order valence-electron chi connectivity index (χ3n) is 2.72. The number of benzene rings is 1. The Kier molecular flexibility index (Phi) is 5.19. The summed E-state index contributed by atoms with van der Waals surface area (Å²) in [5.74, 6) is -1.32. The fourth-order valence-corrected chi connectivity index (χ4v) is 2.56. The molecule has 1 aromatic heterocycles. The lowest BCUT2D eigenvalue weighted by atomic mass is 10.2. The van der Waals surface area contributed by atoms with Gasteiger partial charge in [-0.05, 0) is 23.8 Å². The third kappa shape index (κ3) is 4.21. The van der Waals surface area contributed by atoms with Crippen molar-refractivity contribution in [1.82, 2.24) is 4.98 Å². The normalized spacial score (nSPS) is 11.1. The van der Waals surface area contributed by atoms with Crippen molar-refractivity contribution in [3.05, 3.63) is 51.2 Å². The molecule has 4 nitrogen and oxygen atoms in total. The molecule has 1 aromatic carbocycles. The lowest BCUT2D eigenvalue weighted by Gasteiger charge is -1.93. The number of aromatic nitrogens is 1. The molecule has 1 N–H and O–H groups in total. The van der Waals surface area contributed by atoms with E-state index in [4.69, 9.17) is 4.74 Å². The van der Waals surface area contributed by atoms with Gasteiger partial charge in [-0.2, -0.15) is 0 Å². The highest BCUT2D eigenvalue weighted by molar-refractivity contribution is 7.13. The predicted octanol–water partition coefficient (Wildman–Crippen LogP) is 3.34. The average molecular weight is 307 g/mol. The number of hydrogen-bond donors (Lipinski definition) is 1. The molecule has 6 heteroatoms. The highest BCUT2D eigenvalue weighted by Gasteiger charge is 2.15. The van der Waals surface area contributed by atoms with E-state index < -0.39 is 5.97 Å². The number of thiazole rings is 1. The number of carboxylic acid groups (broad SMARTS) is 1. The van der Waals surface area contributed by atoms with Gasteiger partial charge in [0.05, 0.1) is 17.3 Å². The Morgan fingerprint density at radius 3 is 2.71 bits per heavy atom. The predicted molar refractivity (Wildman–Crippen MR) is 80.0 cm³/mol. The number of ether oxygens (including phenoxy) is 1. The molecule has 0 aliphatic heterocycles. The lowest BCUT2D eigenvalue weighted by Crippen LogP contribution is -1.94. The topological polar surface area (TPSA) is 59.4 Å². The van der Waals surface area contributed by atoms with E-state index in [2.05, 4.69) is 4.98 Å². The molecule has 0 aliphatic rings. The smallest absolute Gasteiger partial charge is 0.348 e. The summed E-state index contributed by atoms with van der Waals surface area (Å²) >= 11 is 1.14. The molecule has 0 saturated heterocycles. The van der Waals surface area contributed by atoms with Crippen LogP contribution in [0.3, 0.4) is 0 Å². The minimum atomic E-state index is -1.00. The van der Waals surface area contributed by atoms with Crippen LogP contribution in [0.4, 0.5) is 4.39 Å². The van der Waals surface area contributed by atoms with Crippen LogP contribution < -0.4 is 0 Å².